The molecule has 4 atom stereocenters. The molecule has 0 aromatic carbocycles. The van der Waals surface area contributed by atoms with Crippen molar-refractivity contribution in [2.24, 2.45) is 0 Å². The van der Waals surface area contributed by atoms with Crippen LogP contribution in [-0.4, -0.2) is 64.0 Å². The highest BCUT2D eigenvalue weighted by Crippen LogP contribution is 2.28. The molecule has 0 radical (unpaired) electrons. The minimum absolute atomic E-state index is 0.0258. The van der Waals surface area contributed by atoms with E-state index in [1.165, 1.54) is 12.3 Å². The third-order valence-corrected chi connectivity index (χ3v) is 4.04. The fourth-order valence-corrected chi connectivity index (χ4v) is 2.58. The summed E-state index contributed by atoms with van der Waals surface area (Å²) in [5.41, 5.74) is -0.441. The second-order valence-electron chi connectivity index (χ2n) is 5.96. The van der Waals surface area contributed by atoms with Gasteiger partial charge in [0.15, 0.2) is 6.23 Å². The van der Waals surface area contributed by atoms with Crippen LogP contribution in [-0.2, 0) is 14.2 Å². The number of hydrogen-bond acceptors (Lipinski definition) is 8. The molecule has 2 rings (SSSR count). The fourth-order valence-electron chi connectivity index (χ4n) is 2.58. The van der Waals surface area contributed by atoms with Crippen LogP contribution >= 0.6 is 0 Å². The topological polar surface area (TPSA) is 132 Å². The van der Waals surface area contributed by atoms with Crippen LogP contribution < -0.4 is 11.0 Å². The van der Waals surface area contributed by atoms with Crippen molar-refractivity contribution in [1.29, 1.82) is 0 Å². The molecule has 10 heteroatoms. The van der Waals surface area contributed by atoms with E-state index in [1.807, 2.05) is 6.92 Å². The molecule has 2 heterocycles. The predicted molar refractivity (Wildman–Crippen MR) is 96.3 cm³/mol. The van der Waals surface area contributed by atoms with Gasteiger partial charge in [-0.1, -0.05) is 12.7 Å². The lowest BCUT2D eigenvalue weighted by Crippen LogP contribution is -2.36. The Hall–Kier alpha value is -2.27. The Bertz CT molecular complexity index is 721. The first kappa shape index (κ1) is 21.0. The first-order valence-corrected chi connectivity index (χ1v) is 8.67. The molecule has 0 spiro atoms. The standard InChI is InChI=1S/C17H25N3O7/c1-4-11-9-20(15-13(22)12(21)10(3)27-15)16(23)18-14(11)19-17(24)26-8-6-7-25-5-2/h4,9-10,12-13,15,21-22H,1,5-8H2,2-3H3,(H,18,19,23,24)/t10-,12?,13?,15-/m1/s1. The zero-order valence-corrected chi connectivity index (χ0v) is 15.3. The van der Waals surface area contributed by atoms with Crippen LogP contribution in [0.25, 0.3) is 6.08 Å². The molecule has 0 saturated carbocycles. The molecule has 10 nitrogen and oxygen atoms in total. The van der Waals surface area contributed by atoms with Gasteiger partial charge < -0.3 is 24.4 Å². The average Bonchev–Trinajstić information content (AvgIpc) is 2.89. The first-order valence-electron chi connectivity index (χ1n) is 8.67. The van der Waals surface area contributed by atoms with Gasteiger partial charge >= 0.3 is 11.8 Å². The second-order valence-corrected chi connectivity index (χ2v) is 5.96. The Kier molecular flexibility index (Phi) is 7.48. The van der Waals surface area contributed by atoms with E-state index >= 15 is 0 Å². The molecule has 27 heavy (non-hydrogen) atoms. The van der Waals surface area contributed by atoms with E-state index in [-0.39, 0.29) is 12.4 Å². The maximum atomic E-state index is 12.3. The molecule has 1 saturated heterocycles. The van der Waals surface area contributed by atoms with E-state index in [0.717, 1.165) is 4.57 Å². The van der Waals surface area contributed by atoms with Crippen molar-refractivity contribution in [2.45, 2.75) is 44.8 Å². The smallest absolute Gasteiger partial charge is 0.412 e. The number of anilines is 1. The number of ether oxygens (including phenoxy) is 3. The first-order chi connectivity index (χ1) is 12.9. The van der Waals surface area contributed by atoms with E-state index in [4.69, 9.17) is 14.2 Å². The van der Waals surface area contributed by atoms with Crippen molar-refractivity contribution >= 4 is 18.0 Å². The van der Waals surface area contributed by atoms with Crippen LogP contribution in [0.1, 0.15) is 32.1 Å². The zero-order valence-electron chi connectivity index (χ0n) is 15.3. The van der Waals surface area contributed by atoms with Gasteiger partial charge in [0.05, 0.1) is 12.7 Å². The molecule has 1 aliphatic rings. The van der Waals surface area contributed by atoms with Crippen molar-refractivity contribution in [1.82, 2.24) is 9.55 Å². The van der Waals surface area contributed by atoms with E-state index in [1.54, 1.807) is 6.92 Å². The van der Waals surface area contributed by atoms with Crippen molar-refractivity contribution in [2.75, 3.05) is 25.1 Å². The number of aromatic nitrogens is 2. The molecule has 1 aromatic heterocycles. The highest BCUT2D eigenvalue weighted by Gasteiger charge is 2.42. The lowest BCUT2D eigenvalue weighted by Gasteiger charge is -2.18. The summed E-state index contributed by atoms with van der Waals surface area (Å²) in [5, 5.41) is 22.3. The van der Waals surface area contributed by atoms with Gasteiger partial charge in [0.25, 0.3) is 0 Å². The number of aliphatic hydroxyl groups excluding tert-OH is 2. The molecular weight excluding hydrogens is 358 g/mol. The van der Waals surface area contributed by atoms with Crippen LogP contribution in [0.15, 0.2) is 17.6 Å². The van der Waals surface area contributed by atoms with Crippen molar-refractivity contribution in [3.8, 4) is 0 Å². The maximum absolute atomic E-state index is 12.3. The van der Waals surface area contributed by atoms with Gasteiger partial charge in [0, 0.05) is 31.4 Å². The van der Waals surface area contributed by atoms with E-state index < -0.39 is 36.3 Å². The Morgan fingerprint density at radius 1 is 1.44 bits per heavy atom. The van der Waals surface area contributed by atoms with Gasteiger partial charge in [0.1, 0.15) is 18.0 Å². The van der Waals surface area contributed by atoms with Gasteiger partial charge in [-0.3, -0.25) is 9.88 Å². The molecule has 1 aromatic rings. The lowest BCUT2D eigenvalue weighted by atomic mass is 10.1. The molecule has 2 unspecified atom stereocenters. The van der Waals surface area contributed by atoms with Crippen LogP contribution in [0.4, 0.5) is 10.6 Å². The number of rotatable bonds is 8. The largest absolute Gasteiger partial charge is 0.449 e. The summed E-state index contributed by atoms with van der Waals surface area (Å²) in [5.74, 6) is -0.0258. The highest BCUT2D eigenvalue weighted by atomic mass is 16.6. The van der Waals surface area contributed by atoms with Crippen LogP contribution in [0.3, 0.4) is 0 Å². The third kappa shape index (κ3) is 5.13. The highest BCUT2D eigenvalue weighted by molar-refractivity contribution is 5.85. The molecule has 1 amide bonds. The summed E-state index contributed by atoms with van der Waals surface area (Å²) in [6, 6.07) is 0. The molecule has 0 aliphatic carbocycles. The zero-order chi connectivity index (χ0) is 20.0. The number of nitrogens with one attached hydrogen (secondary N) is 1. The number of carbonyl (C=O) groups excluding carboxylic acids is 1. The summed E-state index contributed by atoms with van der Waals surface area (Å²) in [6.45, 7) is 8.30. The average molecular weight is 383 g/mol. The number of amides is 1. The molecule has 3 N–H and O–H groups in total. The van der Waals surface area contributed by atoms with E-state index in [2.05, 4.69) is 16.9 Å². The minimum atomic E-state index is -1.29. The van der Waals surface area contributed by atoms with E-state index in [9.17, 15) is 19.8 Å². The van der Waals surface area contributed by atoms with Gasteiger partial charge in [0.2, 0.25) is 0 Å². The second kappa shape index (κ2) is 9.60. The monoisotopic (exact) mass is 383 g/mol. The van der Waals surface area contributed by atoms with Crippen LogP contribution in [0.5, 0.6) is 0 Å². The number of hydrogen-bond donors (Lipinski definition) is 3. The Labute approximate surface area is 156 Å². The van der Waals surface area contributed by atoms with Crippen LogP contribution in [0, 0.1) is 0 Å². The molecule has 1 fully saturated rings. The van der Waals surface area contributed by atoms with Crippen LogP contribution in [0.2, 0.25) is 0 Å². The van der Waals surface area contributed by atoms with Gasteiger partial charge in [-0.15, -0.1) is 0 Å². The van der Waals surface area contributed by atoms with Crippen molar-refractivity contribution in [3.05, 3.63) is 28.8 Å². The summed E-state index contributed by atoms with van der Waals surface area (Å²) in [7, 11) is 0. The van der Waals surface area contributed by atoms with E-state index in [0.29, 0.717) is 25.2 Å². The molecule has 0 bridgehead atoms. The van der Waals surface area contributed by atoms with Gasteiger partial charge in [-0.2, -0.15) is 4.98 Å². The summed E-state index contributed by atoms with van der Waals surface area (Å²) in [6.07, 6.45) is -1.64. The number of carbonyl (C=O) groups is 1. The third-order valence-electron chi connectivity index (χ3n) is 4.04. The SMILES string of the molecule is C=Cc1cn([C@@H]2O[C@H](C)C(O)C2O)c(=O)nc1NC(=O)OCCCOCC. The number of aliphatic hydroxyl groups is 2. The maximum Gasteiger partial charge on any atom is 0.412 e. The summed E-state index contributed by atoms with van der Waals surface area (Å²) >= 11 is 0. The Balaban J connectivity index is 2.09. The summed E-state index contributed by atoms with van der Waals surface area (Å²) in [4.78, 5) is 28.0. The summed E-state index contributed by atoms with van der Waals surface area (Å²) < 4.78 is 16.6. The predicted octanol–water partition coefficient (Wildman–Crippen LogP) is 0.500. The van der Waals surface area contributed by atoms with Gasteiger partial charge in [-0.05, 0) is 13.8 Å². The molecular formula is C17H25N3O7. The Morgan fingerprint density at radius 3 is 2.78 bits per heavy atom. The molecule has 1 aliphatic heterocycles. The fraction of sp³-hybridized carbons (Fsp3) is 0.588. The number of nitrogens with zero attached hydrogens (tertiary/aromatic N) is 2. The molecule has 150 valence electrons. The van der Waals surface area contributed by atoms with Gasteiger partial charge in [-0.25, -0.2) is 9.59 Å². The normalized spacial score (nSPS) is 24.6. The minimum Gasteiger partial charge on any atom is -0.449 e. The quantitative estimate of drug-likeness (QED) is 0.553. The Morgan fingerprint density at radius 2 is 2.19 bits per heavy atom. The van der Waals surface area contributed by atoms with Crippen molar-refractivity contribution < 1.29 is 29.2 Å². The lowest BCUT2D eigenvalue weighted by molar-refractivity contribution is -0.0350. The van der Waals surface area contributed by atoms with Crippen molar-refractivity contribution in [3.63, 3.8) is 0 Å².